The van der Waals surface area contributed by atoms with Crippen molar-refractivity contribution in [1.82, 2.24) is 10.6 Å². The van der Waals surface area contributed by atoms with Crippen LogP contribution in [-0.2, 0) is 4.79 Å². The fraction of sp³-hybridized carbons (Fsp3) is 0.909. The molecule has 1 fully saturated rings. The summed E-state index contributed by atoms with van der Waals surface area (Å²) in [4.78, 5) is 11.1. The van der Waals surface area contributed by atoms with E-state index in [0.717, 1.165) is 0 Å². The first-order chi connectivity index (χ1) is 6.74. The molecule has 14 heavy (non-hydrogen) atoms. The van der Waals surface area contributed by atoms with Crippen molar-refractivity contribution in [1.29, 1.82) is 0 Å². The van der Waals surface area contributed by atoms with Crippen molar-refractivity contribution in [2.24, 2.45) is 5.92 Å². The van der Waals surface area contributed by atoms with Crippen molar-refractivity contribution in [3.05, 3.63) is 0 Å². The monoisotopic (exact) mass is 198 g/mol. The summed E-state index contributed by atoms with van der Waals surface area (Å²) >= 11 is 0. The van der Waals surface area contributed by atoms with Gasteiger partial charge >= 0.3 is 0 Å². The third-order valence-electron chi connectivity index (χ3n) is 3.17. The number of likely N-dealkylation sites (N-methyl/N-ethyl adjacent to an activating group) is 1. The molecule has 3 nitrogen and oxygen atoms in total. The van der Waals surface area contributed by atoms with Crippen molar-refractivity contribution in [3.63, 3.8) is 0 Å². The van der Waals surface area contributed by atoms with Gasteiger partial charge in [-0.3, -0.25) is 4.79 Å². The minimum atomic E-state index is 0.0847. The lowest BCUT2D eigenvalue weighted by Gasteiger charge is -2.22. The van der Waals surface area contributed by atoms with Gasteiger partial charge in [-0.25, -0.2) is 0 Å². The van der Waals surface area contributed by atoms with Crippen molar-refractivity contribution in [2.75, 3.05) is 13.6 Å². The maximum Gasteiger partial charge on any atom is 0.233 e. The number of hydrogen-bond acceptors (Lipinski definition) is 2. The molecular weight excluding hydrogens is 176 g/mol. The normalized spacial score (nSPS) is 28.1. The Labute approximate surface area is 86.6 Å². The highest BCUT2D eigenvalue weighted by Crippen LogP contribution is 2.22. The van der Waals surface area contributed by atoms with Crippen LogP contribution in [0.5, 0.6) is 0 Å². The third kappa shape index (κ3) is 3.66. The number of hydrogen-bond donors (Lipinski definition) is 2. The molecule has 0 heterocycles. The SMILES string of the molecule is CNC(=O)CNC1CCCCCC1C. The molecule has 1 saturated carbocycles. The predicted octanol–water partition coefficient (Wildman–Crippen LogP) is 1.29. The molecule has 1 rings (SSSR count). The average Bonchev–Trinajstić information content (AvgIpc) is 2.39. The summed E-state index contributed by atoms with van der Waals surface area (Å²) < 4.78 is 0. The van der Waals surface area contributed by atoms with Crippen LogP contribution < -0.4 is 10.6 Å². The summed E-state index contributed by atoms with van der Waals surface area (Å²) in [7, 11) is 1.68. The largest absolute Gasteiger partial charge is 0.358 e. The van der Waals surface area contributed by atoms with Crippen LogP contribution in [0.4, 0.5) is 0 Å². The molecule has 2 atom stereocenters. The van der Waals surface area contributed by atoms with Crippen molar-refractivity contribution >= 4 is 5.91 Å². The van der Waals surface area contributed by atoms with E-state index in [9.17, 15) is 4.79 Å². The Balaban J connectivity index is 2.29. The topological polar surface area (TPSA) is 41.1 Å². The minimum absolute atomic E-state index is 0.0847. The summed E-state index contributed by atoms with van der Waals surface area (Å²) in [6.07, 6.45) is 6.52. The van der Waals surface area contributed by atoms with Gasteiger partial charge in [-0.05, 0) is 18.8 Å². The van der Waals surface area contributed by atoms with E-state index < -0.39 is 0 Å². The van der Waals surface area contributed by atoms with Gasteiger partial charge in [0, 0.05) is 13.1 Å². The Morgan fingerprint density at radius 3 is 2.71 bits per heavy atom. The van der Waals surface area contributed by atoms with Crippen LogP contribution in [0.1, 0.15) is 39.0 Å². The van der Waals surface area contributed by atoms with Gasteiger partial charge in [0.25, 0.3) is 0 Å². The molecule has 1 aliphatic carbocycles. The zero-order valence-electron chi connectivity index (χ0n) is 9.31. The van der Waals surface area contributed by atoms with Gasteiger partial charge in [-0.15, -0.1) is 0 Å². The van der Waals surface area contributed by atoms with E-state index in [4.69, 9.17) is 0 Å². The first kappa shape index (κ1) is 11.5. The van der Waals surface area contributed by atoms with E-state index in [-0.39, 0.29) is 5.91 Å². The van der Waals surface area contributed by atoms with E-state index in [2.05, 4.69) is 17.6 Å². The van der Waals surface area contributed by atoms with Crippen molar-refractivity contribution in [2.45, 2.75) is 45.1 Å². The number of nitrogens with one attached hydrogen (secondary N) is 2. The van der Waals surface area contributed by atoms with Crippen molar-refractivity contribution in [3.8, 4) is 0 Å². The highest BCUT2D eigenvalue weighted by atomic mass is 16.1. The molecule has 0 aromatic heterocycles. The zero-order valence-corrected chi connectivity index (χ0v) is 9.31. The summed E-state index contributed by atoms with van der Waals surface area (Å²) in [5, 5.41) is 5.98. The molecule has 0 aromatic carbocycles. The lowest BCUT2D eigenvalue weighted by molar-refractivity contribution is -0.119. The summed E-state index contributed by atoms with van der Waals surface area (Å²) in [6.45, 7) is 2.75. The second-order valence-electron chi connectivity index (χ2n) is 4.28. The van der Waals surface area contributed by atoms with E-state index in [1.165, 1.54) is 32.1 Å². The van der Waals surface area contributed by atoms with Crippen molar-refractivity contribution < 1.29 is 4.79 Å². The Bertz CT molecular complexity index is 182. The second kappa shape index (κ2) is 6.02. The van der Waals surface area contributed by atoms with Gasteiger partial charge in [0.1, 0.15) is 0 Å². The van der Waals surface area contributed by atoms with Crippen LogP contribution in [0.2, 0.25) is 0 Å². The lowest BCUT2D eigenvalue weighted by atomic mass is 9.97. The van der Waals surface area contributed by atoms with Gasteiger partial charge in [-0.1, -0.05) is 26.2 Å². The molecule has 1 amide bonds. The summed E-state index contributed by atoms with van der Waals surface area (Å²) in [5.41, 5.74) is 0. The first-order valence-corrected chi connectivity index (χ1v) is 5.68. The lowest BCUT2D eigenvalue weighted by Crippen LogP contribution is -2.40. The Morgan fingerprint density at radius 1 is 1.29 bits per heavy atom. The smallest absolute Gasteiger partial charge is 0.233 e. The number of carbonyl (C=O) groups is 1. The summed E-state index contributed by atoms with van der Waals surface area (Å²) in [5.74, 6) is 0.795. The molecule has 1 aliphatic rings. The molecule has 0 spiro atoms. The van der Waals surface area contributed by atoms with E-state index in [1.54, 1.807) is 7.05 Å². The number of carbonyl (C=O) groups excluding carboxylic acids is 1. The van der Waals surface area contributed by atoms with E-state index in [1.807, 2.05) is 0 Å². The third-order valence-corrected chi connectivity index (χ3v) is 3.17. The molecule has 0 radical (unpaired) electrons. The summed E-state index contributed by atoms with van der Waals surface area (Å²) in [6, 6.07) is 0.537. The maximum atomic E-state index is 11.1. The van der Waals surface area contributed by atoms with Gasteiger partial charge in [0.2, 0.25) is 5.91 Å². The number of amides is 1. The van der Waals surface area contributed by atoms with E-state index >= 15 is 0 Å². The molecule has 2 N–H and O–H groups in total. The van der Waals surface area contributed by atoms with Crippen LogP contribution in [-0.4, -0.2) is 25.5 Å². The molecule has 3 heteroatoms. The van der Waals surface area contributed by atoms with Crippen LogP contribution in [0, 0.1) is 5.92 Å². The van der Waals surface area contributed by atoms with Gasteiger partial charge in [0.05, 0.1) is 6.54 Å². The predicted molar refractivity (Wildman–Crippen MR) is 58.1 cm³/mol. The quantitative estimate of drug-likeness (QED) is 0.671. The Hall–Kier alpha value is -0.570. The van der Waals surface area contributed by atoms with Gasteiger partial charge in [0.15, 0.2) is 0 Å². The van der Waals surface area contributed by atoms with Crippen LogP contribution in [0.25, 0.3) is 0 Å². The van der Waals surface area contributed by atoms with Gasteiger partial charge in [-0.2, -0.15) is 0 Å². The average molecular weight is 198 g/mol. The first-order valence-electron chi connectivity index (χ1n) is 5.68. The molecule has 0 saturated heterocycles. The Kier molecular flexibility index (Phi) is 4.94. The van der Waals surface area contributed by atoms with Gasteiger partial charge < -0.3 is 10.6 Å². The minimum Gasteiger partial charge on any atom is -0.358 e. The van der Waals surface area contributed by atoms with Crippen LogP contribution >= 0.6 is 0 Å². The molecular formula is C11H22N2O. The molecule has 0 aromatic rings. The zero-order chi connectivity index (χ0) is 10.4. The van der Waals surface area contributed by atoms with Crippen LogP contribution in [0.15, 0.2) is 0 Å². The second-order valence-corrected chi connectivity index (χ2v) is 4.28. The molecule has 0 aliphatic heterocycles. The molecule has 2 unspecified atom stereocenters. The fourth-order valence-corrected chi connectivity index (χ4v) is 2.11. The molecule has 0 bridgehead atoms. The highest BCUT2D eigenvalue weighted by Gasteiger charge is 2.19. The standard InChI is InChI=1S/C11H22N2O/c1-9-6-4-3-5-7-10(9)13-8-11(14)12-2/h9-10,13H,3-8H2,1-2H3,(H,12,14). The molecule has 82 valence electrons. The maximum absolute atomic E-state index is 11.1. The van der Waals surface area contributed by atoms with E-state index in [0.29, 0.717) is 18.5 Å². The van der Waals surface area contributed by atoms with Crippen LogP contribution in [0.3, 0.4) is 0 Å². The number of rotatable bonds is 3. The highest BCUT2D eigenvalue weighted by molar-refractivity contribution is 5.77. The fourth-order valence-electron chi connectivity index (χ4n) is 2.11. The Morgan fingerprint density at radius 2 is 2.00 bits per heavy atom.